The van der Waals surface area contributed by atoms with Crippen LogP contribution in [-0.2, 0) is 45.3 Å². The molecule has 0 radical (unpaired) electrons. The third-order valence-electron chi connectivity index (χ3n) is 9.56. The summed E-state index contributed by atoms with van der Waals surface area (Å²) < 4.78 is 13.6. The molecule has 0 spiro atoms. The lowest BCUT2D eigenvalue weighted by Crippen LogP contribution is -2.44. The smallest absolute Gasteiger partial charge is 0.303 e. The molecule has 0 aromatic heterocycles. The fourth-order valence-electron chi connectivity index (χ4n) is 6.65. The lowest BCUT2D eigenvalue weighted by molar-refractivity contribution is -0.276. The summed E-state index contributed by atoms with van der Waals surface area (Å²) >= 11 is 0. The van der Waals surface area contributed by atoms with E-state index < -0.39 is 12.3 Å². The summed E-state index contributed by atoms with van der Waals surface area (Å²) in [7, 11) is 0. The van der Waals surface area contributed by atoms with Gasteiger partial charge in [0.2, 0.25) is 5.91 Å². The first-order chi connectivity index (χ1) is 25.3. The summed E-state index contributed by atoms with van der Waals surface area (Å²) in [6.07, 6.45) is -1.21. The van der Waals surface area contributed by atoms with Crippen LogP contribution in [0.4, 0.5) is 0 Å². The molecule has 0 bridgehead atoms. The van der Waals surface area contributed by atoms with Crippen molar-refractivity contribution < 1.29 is 29.3 Å². The monoisotopic (exact) mass is 698 g/mol. The molecule has 3 N–H and O–H groups in total. The van der Waals surface area contributed by atoms with E-state index in [0.29, 0.717) is 13.1 Å². The van der Waals surface area contributed by atoms with Crippen LogP contribution in [0.25, 0.3) is 11.1 Å². The number of nitrogens with one attached hydrogen (secondary N) is 1. The predicted molar refractivity (Wildman–Crippen MR) is 201 cm³/mol. The highest BCUT2D eigenvalue weighted by atomic mass is 16.7. The number of aliphatic hydroxyl groups excluding tert-OH is 1. The summed E-state index contributed by atoms with van der Waals surface area (Å²) in [6, 6.07) is 45.2. The van der Waals surface area contributed by atoms with Crippen molar-refractivity contribution in [2.45, 2.75) is 64.5 Å². The molecular weight excluding hydrogens is 652 g/mol. The number of aliphatic hydroxyl groups is 1. The van der Waals surface area contributed by atoms with Crippen molar-refractivity contribution in [3.05, 3.63) is 167 Å². The maximum absolute atomic E-state index is 12.1. The number of carboxylic acids is 1. The van der Waals surface area contributed by atoms with Gasteiger partial charge in [0.05, 0.1) is 25.2 Å². The Bertz CT molecular complexity index is 1840. The Morgan fingerprint density at radius 3 is 1.90 bits per heavy atom. The van der Waals surface area contributed by atoms with Crippen molar-refractivity contribution >= 4 is 11.9 Å². The van der Waals surface area contributed by atoms with Crippen LogP contribution < -0.4 is 5.32 Å². The van der Waals surface area contributed by atoms with Crippen LogP contribution in [0.2, 0.25) is 0 Å². The van der Waals surface area contributed by atoms with Gasteiger partial charge in [0.15, 0.2) is 6.29 Å². The highest BCUT2D eigenvalue weighted by molar-refractivity contribution is 5.80. The Kier molecular flexibility index (Phi) is 12.6. The molecule has 1 heterocycles. The van der Waals surface area contributed by atoms with Gasteiger partial charge in [-0.2, -0.15) is 0 Å². The SMILES string of the molecule is CC1C(CN(Cc2ccccc2)Cc2ccccc2)OC(c2ccc(-c3cccc(CNC(=O)CCC(=O)O)c3)cc2)OC1c1ccc(CO)cc1. The average molecular weight is 699 g/mol. The van der Waals surface area contributed by atoms with E-state index in [1.54, 1.807) is 0 Å². The molecule has 1 amide bonds. The number of rotatable bonds is 15. The van der Waals surface area contributed by atoms with Gasteiger partial charge < -0.3 is 25.0 Å². The Morgan fingerprint density at radius 2 is 1.29 bits per heavy atom. The fraction of sp³-hybridized carbons (Fsp3) is 0.273. The molecule has 268 valence electrons. The molecule has 1 saturated heterocycles. The van der Waals surface area contributed by atoms with E-state index in [9.17, 15) is 14.7 Å². The zero-order valence-electron chi connectivity index (χ0n) is 29.4. The van der Waals surface area contributed by atoms with Crippen LogP contribution in [0, 0.1) is 5.92 Å². The molecule has 1 aliphatic rings. The zero-order valence-corrected chi connectivity index (χ0v) is 29.4. The summed E-state index contributed by atoms with van der Waals surface area (Å²) in [5.41, 5.74) is 8.23. The largest absolute Gasteiger partial charge is 0.481 e. The highest BCUT2D eigenvalue weighted by Crippen LogP contribution is 2.42. The van der Waals surface area contributed by atoms with E-state index in [0.717, 1.165) is 46.5 Å². The van der Waals surface area contributed by atoms with Crippen molar-refractivity contribution in [3.8, 4) is 11.1 Å². The van der Waals surface area contributed by atoms with Crippen LogP contribution >= 0.6 is 0 Å². The number of nitrogens with zero attached hydrogens (tertiary/aromatic N) is 1. The maximum Gasteiger partial charge on any atom is 0.303 e. The van der Waals surface area contributed by atoms with Gasteiger partial charge in [-0.3, -0.25) is 14.5 Å². The number of hydrogen-bond acceptors (Lipinski definition) is 6. The molecule has 1 aliphatic heterocycles. The van der Waals surface area contributed by atoms with E-state index >= 15 is 0 Å². The van der Waals surface area contributed by atoms with E-state index in [2.05, 4.69) is 77.8 Å². The first-order valence-corrected chi connectivity index (χ1v) is 17.8. The van der Waals surface area contributed by atoms with Crippen LogP contribution in [0.5, 0.6) is 0 Å². The topological polar surface area (TPSA) is 108 Å². The van der Waals surface area contributed by atoms with Crippen molar-refractivity contribution in [2.24, 2.45) is 5.92 Å². The Labute approximate surface area is 305 Å². The van der Waals surface area contributed by atoms with E-state index in [1.165, 1.54) is 11.1 Å². The summed E-state index contributed by atoms with van der Waals surface area (Å²) in [6.45, 7) is 4.76. The minimum atomic E-state index is -0.991. The second-order valence-electron chi connectivity index (χ2n) is 13.5. The third kappa shape index (κ3) is 10.0. The molecule has 4 atom stereocenters. The number of amides is 1. The summed E-state index contributed by atoms with van der Waals surface area (Å²) in [4.78, 5) is 25.3. The first kappa shape index (κ1) is 36.7. The number of benzene rings is 5. The Morgan fingerprint density at radius 1 is 0.673 bits per heavy atom. The van der Waals surface area contributed by atoms with Crippen LogP contribution in [0.3, 0.4) is 0 Å². The van der Waals surface area contributed by atoms with Gasteiger partial charge in [-0.25, -0.2) is 0 Å². The molecule has 8 nitrogen and oxygen atoms in total. The van der Waals surface area contributed by atoms with E-state index in [1.807, 2.05) is 72.8 Å². The van der Waals surface area contributed by atoms with Crippen molar-refractivity contribution in [3.63, 3.8) is 0 Å². The van der Waals surface area contributed by atoms with Crippen LogP contribution in [-0.4, -0.2) is 39.6 Å². The normalized spacial score (nSPS) is 18.6. The van der Waals surface area contributed by atoms with Gasteiger partial charge >= 0.3 is 5.97 Å². The molecule has 52 heavy (non-hydrogen) atoms. The molecule has 1 fully saturated rings. The van der Waals surface area contributed by atoms with Crippen LogP contribution in [0.15, 0.2) is 133 Å². The molecule has 5 aromatic rings. The number of carbonyl (C=O) groups excluding carboxylic acids is 1. The van der Waals surface area contributed by atoms with Crippen molar-refractivity contribution in [2.75, 3.05) is 6.54 Å². The molecule has 8 heteroatoms. The molecule has 6 rings (SSSR count). The van der Waals surface area contributed by atoms with Gasteiger partial charge in [-0.05, 0) is 45.0 Å². The van der Waals surface area contributed by atoms with Crippen molar-refractivity contribution in [1.82, 2.24) is 10.2 Å². The minimum Gasteiger partial charge on any atom is -0.481 e. The molecule has 0 aliphatic carbocycles. The zero-order chi connectivity index (χ0) is 36.3. The Balaban J connectivity index is 1.22. The highest BCUT2D eigenvalue weighted by Gasteiger charge is 2.39. The third-order valence-corrected chi connectivity index (χ3v) is 9.56. The maximum atomic E-state index is 12.1. The van der Waals surface area contributed by atoms with Gasteiger partial charge in [0.1, 0.15) is 0 Å². The van der Waals surface area contributed by atoms with Crippen LogP contribution in [0.1, 0.15) is 65.5 Å². The fourth-order valence-corrected chi connectivity index (χ4v) is 6.65. The number of ether oxygens (including phenoxy) is 2. The predicted octanol–water partition coefficient (Wildman–Crippen LogP) is 7.82. The second-order valence-corrected chi connectivity index (χ2v) is 13.5. The van der Waals surface area contributed by atoms with Gasteiger partial charge in [-0.15, -0.1) is 0 Å². The number of aliphatic carboxylic acids is 1. The molecule has 0 saturated carbocycles. The van der Waals surface area contributed by atoms with Crippen molar-refractivity contribution in [1.29, 1.82) is 0 Å². The molecule has 5 aromatic carbocycles. The average Bonchev–Trinajstić information content (AvgIpc) is 3.18. The summed E-state index contributed by atoms with van der Waals surface area (Å²) in [5, 5.41) is 21.3. The molecular formula is C44H46N2O6. The first-order valence-electron chi connectivity index (χ1n) is 17.8. The van der Waals surface area contributed by atoms with Gasteiger partial charge in [-0.1, -0.05) is 134 Å². The Hall–Kier alpha value is -5.12. The summed E-state index contributed by atoms with van der Waals surface area (Å²) in [5.74, 6) is -1.24. The number of carbonyl (C=O) groups is 2. The van der Waals surface area contributed by atoms with E-state index in [4.69, 9.17) is 14.6 Å². The lowest BCUT2D eigenvalue weighted by Gasteiger charge is -2.43. The molecule has 4 unspecified atom stereocenters. The lowest BCUT2D eigenvalue weighted by atomic mass is 9.89. The minimum absolute atomic E-state index is 0.0136. The number of hydrogen-bond donors (Lipinski definition) is 3. The number of carboxylic acid groups (broad SMARTS) is 1. The van der Waals surface area contributed by atoms with Gasteiger partial charge in [0, 0.05) is 44.1 Å². The standard InChI is InChI=1S/C44H46N2O6/c1-31-40(29-46(27-32-9-4-2-5-10-32)28-33-11-6-3-7-12-33)51-44(52-43(31)37-17-15-34(30-47)16-18-37)38-21-19-36(20-22-38)39-14-8-13-35(25-39)26-45-41(48)23-24-42(49)50/h2-22,25,31,40,43-44,47H,23-24,26-30H2,1H3,(H,45,48)(H,49,50). The van der Waals surface area contributed by atoms with E-state index in [-0.39, 0.29) is 43.5 Å². The quantitative estimate of drug-likeness (QED) is 0.102. The van der Waals surface area contributed by atoms with Gasteiger partial charge in [0.25, 0.3) is 0 Å². The second kappa shape index (κ2) is 17.9.